The molecule has 0 amide bonds. The predicted octanol–water partition coefficient (Wildman–Crippen LogP) is 4.47. The Labute approximate surface area is 105 Å². The fraction of sp³-hybridized carbons (Fsp3) is 0.600. The summed E-state index contributed by atoms with van der Waals surface area (Å²) < 4.78 is 5.21. The molecule has 0 aliphatic heterocycles. The van der Waals surface area contributed by atoms with Crippen LogP contribution >= 0.6 is 0 Å². The molecule has 0 fully saturated rings. The molecule has 0 saturated carbocycles. The summed E-state index contributed by atoms with van der Waals surface area (Å²) in [6.07, 6.45) is 6.55. The van der Waals surface area contributed by atoms with Crippen molar-refractivity contribution >= 4 is 5.69 Å². The molecule has 0 bridgehead atoms. The molecule has 1 aromatic carbocycles. The molecule has 0 saturated heterocycles. The topological polar surface area (TPSA) is 21.3 Å². The van der Waals surface area contributed by atoms with Gasteiger partial charge in [-0.1, -0.05) is 38.7 Å². The molecule has 0 aliphatic rings. The SMILES string of the molecule is CCCCCCC(C)Nc1cccc(OC)c1. The van der Waals surface area contributed by atoms with Crippen molar-refractivity contribution in [2.75, 3.05) is 12.4 Å². The van der Waals surface area contributed by atoms with Crippen LogP contribution in [0.2, 0.25) is 0 Å². The number of nitrogens with one attached hydrogen (secondary N) is 1. The third-order valence-corrected chi connectivity index (χ3v) is 2.97. The quantitative estimate of drug-likeness (QED) is 0.671. The van der Waals surface area contributed by atoms with Gasteiger partial charge in [-0.2, -0.15) is 0 Å². The van der Waals surface area contributed by atoms with E-state index in [9.17, 15) is 0 Å². The van der Waals surface area contributed by atoms with E-state index >= 15 is 0 Å². The molecule has 1 unspecified atom stereocenters. The lowest BCUT2D eigenvalue weighted by atomic mass is 10.1. The Hall–Kier alpha value is -1.18. The van der Waals surface area contributed by atoms with E-state index in [0.29, 0.717) is 6.04 Å². The molecule has 1 atom stereocenters. The summed E-state index contributed by atoms with van der Waals surface area (Å²) in [5.74, 6) is 0.910. The minimum Gasteiger partial charge on any atom is -0.497 e. The number of methoxy groups -OCH3 is 1. The zero-order valence-electron chi connectivity index (χ0n) is 11.3. The van der Waals surface area contributed by atoms with E-state index in [1.54, 1.807) is 7.11 Å². The predicted molar refractivity (Wildman–Crippen MR) is 74.8 cm³/mol. The van der Waals surface area contributed by atoms with Crippen molar-refractivity contribution in [3.05, 3.63) is 24.3 Å². The van der Waals surface area contributed by atoms with Crippen LogP contribution in [-0.2, 0) is 0 Å². The highest BCUT2D eigenvalue weighted by atomic mass is 16.5. The Morgan fingerprint density at radius 3 is 2.76 bits per heavy atom. The summed E-state index contributed by atoms with van der Waals surface area (Å²) in [6, 6.07) is 8.65. The average Bonchev–Trinajstić information content (AvgIpc) is 2.35. The van der Waals surface area contributed by atoms with E-state index in [-0.39, 0.29) is 0 Å². The van der Waals surface area contributed by atoms with Gasteiger partial charge in [0.2, 0.25) is 0 Å². The second kappa shape index (κ2) is 7.99. The van der Waals surface area contributed by atoms with Gasteiger partial charge in [-0.15, -0.1) is 0 Å². The number of hydrogen-bond acceptors (Lipinski definition) is 2. The largest absolute Gasteiger partial charge is 0.497 e. The van der Waals surface area contributed by atoms with Gasteiger partial charge in [-0.05, 0) is 25.5 Å². The van der Waals surface area contributed by atoms with Crippen molar-refractivity contribution in [3.63, 3.8) is 0 Å². The molecule has 0 radical (unpaired) electrons. The third kappa shape index (κ3) is 5.62. The van der Waals surface area contributed by atoms with E-state index in [1.807, 2.05) is 18.2 Å². The Morgan fingerprint density at radius 2 is 2.06 bits per heavy atom. The van der Waals surface area contributed by atoms with Gasteiger partial charge in [-0.3, -0.25) is 0 Å². The Bertz CT molecular complexity index is 312. The zero-order valence-corrected chi connectivity index (χ0v) is 11.3. The van der Waals surface area contributed by atoms with Gasteiger partial charge in [0, 0.05) is 17.8 Å². The van der Waals surface area contributed by atoms with Gasteiger partial charge in [0.15, 0.2) is 0 Å². The van der Waals surface area contributed by atoms with Crippen molar-refractivity contribution in [1.82, 2.24) is 0 Å². The normalized spacial score (nSPS) is 12.2. The van der Waals surface area contributed by atoms with Gasteiger partial charge < -0.3 is 10.1 Å². The molecule has 0 aliphatic carbocycles. The lowest BCUT2D eigenvalue weighted by molar-refractivity contribution is 0.415. The highest BCUT2D eigenvalue weighted by molar-refractivity contribution is 5.48. The first kappa shape index (κ1) is 13.9. The molecule has 1 rings (SSSR count). The molecular weight excluding hydrogens is 210 g/mol. The van der Waals surface area contributed by atoms with Gasteiger partial charge in [-0.25, -0.2) is 0 Å². The molecule has 0 heterocycles. The van der Waals surface area contributed by atoms with E-state index in [2.05, 4.69) is 25.2 Å². The van der Waals surface area contributed by atoms with Gasteiger partial charge in [0.25, 0.3) is 0 Å². The number of benzene rings is 1. The smallest absolute Gasteiger partial charge is 0.120 e. The Kier molecular flexibility index (Phi) is 6.53. The van der Waals surface area contributed by atoms with Crippen LogP contribution in [0.5, 0.6) is 5.75 Å². The summed E-state index contributed by atoms with van der Waals surface area (Å²) in [4.78, 5) is 0. The summed E-state index contributed by atoms with van der Waals surface area (Å²) in [5, 5.41) is 3.51. The summed E-state index contributed by atoms with van der Waals surface area (Å²) in [7, 11) is 1.70. The molecule has 96 valence electrons. The third-order valence-electron chi connectivity index (χ3n) is 2.97. The molecule has 1 N–H and O–H groups in total. The maximum atomic E-state index is 5.21. The standard InChI is InChI=1S/C15H25NO/c1-4-5-6-7-9-13(2)16-14-10-8-11-15(12-14)17-3/h8,10-13,16H,4-7,9H2,1-3H3. The fourth-order valence-corrected chi connectivity index (χ4v) is 1.95. The first-order valence-corrected chi connectivity index (χ1v) is 6.67. The minimum atomic E-state index is 0.527. The van der Waals surface area contributed by atoms with Crippen molar-refractivity contribution < 1.29 is 4.74 Å². The number of hydrogen-bond donors (Lipinski definition) is 1. The van der Waals surface area contributed by atoms with Crippen molar-refractivity contribution in [1.29, 1.82) is 0 Å². The van der Waals surface area contributed by atoms with Crippen LogP contribution in [0.1, 0.15) is 46.0 Å². The van der Waals surface area contributed by atoms with Gasteiger partial charge >= 0.3 is 0 Å². The number of unbranched alkanes of at least 4 members (excludes halogenated alkanes) is 3. The van der Waals surface area contributed by atoms with Crippen LogP contribution in [0.25, 0.3) is 0 Å². The highest BCUT2D eigenvalue weighted by Gasteiger charge is 2.02. The molecule has 1 aromatic rings. The van der Waals surface area contributed by atoms with Crippen LogP contribution in [0.3, 0.4) is 0 Å². The Balaban J connectivity index is 2.31. The number of anilines is 1. The first-order chi connectivity index (χ1) is 8.26. The number of ether oxygens (including phenoxy) is 1. The van der Waals surface area contributed by atoms with Crippen LogP contribution in [0.15, 0.2) is 24.3 Å². The van der Waals surface area contributed by atoms with Crippen molar-refractivity contribution in [2.24, 2.45) is 0 Å². The molecule has 0 spiro atoms. The fourth-order valence-electron chi connectivity index (χ4n) is 1.95. The second-order valence-corrected chi connectivity index (χ2v) is 4.63. The highest BCUT2D eigenvalue weighted by Crippen LogP contribution is 2.18. The summed E-state index contributed by atoms with van der Waals surface area (Å²) in [5.41, 5.74) is 1.15. The number of rotatable bonds is 8. The first-order valence-electron chi connectivity index (χ1n) is 6.67. The lowest BCUT2D eigenvalue weighted by Crippen LogP contribution is -2.14. The van der Waals surface area contributed by atoms with Gasteiger partial charge in [0.1, 0.15) is 5.75 Å². The Morgan fingerprint density at radius 1 is 1.24 bits per heavy atom. The monoisotopic (exact) mass is 235 g/mol. The van der Waals surface area contributed by atoms with Crippen molar-refractivity contribution in [3.8, 4) is 5.75 Å². The second-order valence-electron chi connectivity index (χ2n) is 4.63. The van der Waals surface area contributed by atoms with E-state index in [4.69, 9.17) is 4.74 Å². The van der Waals surface area contributed by atoms with Crippen LogP contribution in [0, 0.1) is 0 Å². The molecule has 17 heavy (non-hydrogen) atoms. The van der Waals surface area contributed by atoms with Crippen molar-refractivity contribution in [2.45, 2.75) is 52.0 Å². The summed E-state index contributed by atoms with van der Waals surface area (Å²) in [6.45, 7) is 4.49. The average molecular weight is 235 g/mol. The maximum Gasteiger partial charge on any atom is 0.120 e. The minimum absolute atomic E-state index is 0.527. The van der Waals surface area contributed by atoms with Crippen LogP contribution < -0.4 is 10.1 Å². The summed E-state index contributed by atoms with van der Waals surface area (Å²) >= 11 is 0. The van der Waals surface area contributed by atoms with Crippen LogP contribution in [0.4, 0.5) is 5.69 Å². The van der Waals surface area contributed by atoms with E-state index < -0.39 is 0 Å². The molecule has 0 aromatic heterocycles. The van der Waals surface area contributed by atoms with E-state index in [1.165, 1.54) is 32.1 Å². The lowest BCUT2D eigenvalue weighted by Gasteiger charge is -2.15. The molecule has 2 nitrogen and oxygen atoms in total. The van der Waals surface area contributed by atoms with Crippen LogP contribution in [-0.4, -0.2) is 13.2 Å². The molecule has 2 heteroatoms. The maximum absolute atomic E-state index is 5.21. The molecular formula is C15H25NO. The van der Waals surface area contributed by atoms with E-state index in [0.717, 1.165) is 11.4 Å². The zero-order chi connectivity index (χ0) is 12.5. The van der Waals surface area contributed by atoms with Gasteiger partial charge in [0.05, 0.1) is 7.11 Å².